The van der Waals surface area contributed by atoms with E-state index in [1.165, 1.54) is 0 Å². The molecule has 17 heavy (non-hydrogen) atoms. The van der Waals surface area contributed by atoms with Gasteiger partial charge in [-0.15, -0.1) is 0 Å². The summed E-state index contributed by atoms with van der Waals surface area (Å²) in [4.78, 5) is 26.5. The lowest BCUT2D eigenvalue weighted by atomic mass is 9.99. The Morgan fingerprint density at radius 1 is 1.12 bits per heavy atom. The fourth-order valence-corrected chi connectivity index (χ4v) is 2.90. The van der Waals surface area contributed by atoms with E-state index >= 15 is 0 Å². The number of rotatable bonds is 3. The Morgan fingerprint density at radius 2 is 1.71 bits per heavy atom. The first-order valence-corrected chi connectivity index (χ1v) is 6.72. The van der Waals surface area contributed by atoms with Gasteiger partial charge in [0.2, 0.25) is 11.8 Å². The lowest BCUT2D eigenvalue weighted by molar-refractivity contribution is -0.153. The standard InChI is InChI=1S/C13H20N2O2/c1-7(2)15-11(9-5-6-9)12(16)14-10(13(15)17)8-3-4-8/h7-11H,3-6H2,1-2H3,(H,14,16). The highest BCUT2D eigenvalue weighted by Crippen LogP contribution is 2.41. The summed E-state index contributed by atoms with van der Waals surface area (Å²) in [5.74, 6) is 1.03. The molecule has 2 amide bonds. The maximum atomic E-state index is 12.4. The predicted molar refractivity (Wildman–Crippen MR) is 63.1 cm³/mol. The molecule has 94 valence electrons. The number of hydrogen-bond acceptors (Lipinski definition) is 2. The van der Waals surface area contributed by atoms with E-state index in [9.17, 15) is 9.59 Å². The third kappa shape index (κ3) is 1.83. The van der Waals surface area contributed by atoms with Crippen LogP contribution < -0.4 is 5.32 Å². The number of hydrogen-bond donors (Lipinski definition) is 1. The first-order chi connectivity index (χ1) is 8.09. The van der Waals surface area contributed by atoms with Crippen LogP contribution in [0, 0.1) is 11.8 Å². The summed E-state index contributed by atoms with van der Waals surface area (Å²) >= 11 is 0. The minimum atomic E-state index is -0.236. The van der Waals surface area contributed by atoms with E-state index in [2.05, 4.69) is 5.32 Å². The van der Waals surface area contributed by atoms with E-state index in [0.29, 0.717) is 11.8 Å². The number of carbonyl (C=O) groups excluding carboxylic acids is 2. The Hall–Kier alpha value is -1.06. The summed E-state index contributed by atoms with van der Waals surface area (Å²) in [6.07, 6.45) is 4.33. The highest BCUT2D eigenvalue weighted by Gasteiger charge is 2.51. The van der Waals surface area contributed by atoms with Crippen molar-refractivity contribution in [1.82, 2.24) is 10.2 Å². The SMILES string of the molecule is CC(C)N1C(=O)C(C2CC2)NC(=O)C1C1CC1. The summed E-state index contributed by atoms with van der Waals surface area (Å²) < 4.78 is 0. The van der Waals surface area contributed by atoms with Crippen molar-refractivity contribution in [3.63, 3.8) is 0 Å². The van der Waals surface area contributed by atoms with Gasteiger partial charge < -0.3 is 10.2 Å². The van der Waals surface area contributed by atoms with Crippen LogP contribution in [-0.4, -0.2) is 34.8 Å². The minimum absolute atomic E-state index is 0.0812. The van der Waals surface area contributed by atoms with Gasteiger partial charge in [-0.25, -0.2) is 0 Å². The monoisotopic (exact) mass is 236 g/mol. The maximum Gasteiger partial charge on any atom is 0.246 e. The van der Waals surface area contributed by atoms with Crippen molar-refractivity contribution in [3.8, 4) is 0 Å². The van der Waals surface area contributed by atoms with Gasteiger partial charge in [-0.05, 0) is 51.4 Å². The molecule has 3 fully saturated rings. The second-order valence-corrected chi connectivity index (χ2v) is 5.95. The Kier molecular flexibility index (Phi) is 2.42. The molecule has 3 rings (SSSR count). The molecule has 1 aliphatic heterocycles. The maximum absolute atomic E-state index is 12.4. The van der Waals surface area contributed by atoms with Crippen molar-refractivity contribution in [3.05, 3.63) is 0 Å². The van der Waals surface area contributed by atoms with Gasteiger partial charge in [0.15, 0.2) is 0 Å². The van der Waals surface area contributed by atoms with Gasteiger partial charge in [-0.1, -0.05) is 0 Å². The van der Waals surface area contributed by atoms with E-state index in [1.807, 2.05) is 18.7 Å². The molecule has 2 saturated carbocycles. The van der Waals surface area contributed by atoms with Gasteiger partial charge in [0.1, 0.15) is 12.1 Å². The molecule has 1 N–H and O–H groups in total. The molecular weight excluding hydrogens is 216 g/mol. The molecule has 1 heterocycles. The average Bonchev–Trinajstić information content (AvgIpc) is 3.14. The Labute approximate surface area is 102 Å². The number of nitrogens with one attached hydrogen (secondary N) is 1. The average molecular weight is 236 g/mol. The van der Waals surface area contributed by atoms with Crippen LogP contribution in [-0.2, 0) is 9.59 Å². The molecule has 1 saturated heterocycles. The molecule has 0 bridgehead atoms. The van der Waals surface area contributed by atoms with Crippen molar-refractivity contribution >= 4 is 11.8 Å². The Morgan fingerprint density at radius 3 is 2.18 bits per heavy atom. The van der Waals surface area contributed by atoms with E-state index in [4.69, 9.17) is 0 Å². The number of carbonyl (C=O) groups is 2. The zero-order valence-corrected chi connectivity index (χ0v) is 10.5. The molecule has 2 unspecified atom stereocenters. The van der Waals surface area contributed by atoms with Crippen LogP contribution >= 0.6 is 0 Å². The summed E-state index contributed by atoms with van der Waals surface area (Å²) in [5, 5.41) is 2.95. The molecule has 2 atom stereocenters. The predicted octanol–water partition coefficient (Wildman–Crippen LogP) is 0.910. The summed E-state index contributed by atoms with van der Waals surface area (Å²) in [7, 11) is 0. The highest BCUT2D eigenvalue weighted by molar-refractivity contribution is 5.97. The van der Waals surface area contributed by atoms with Crippen LogP contribution in [0.4, 0.5) is 0 Å². The zero-order valence-electron chi connectivity index (χ0n) is 10.5. The quantitative estimate of drug-likeness (QED) is 0.792. The Balaban J connectivity index is 1.85. The molecule has 0 spiro atoms. The summed E-state index contributed by atoms with van der Waals surface area (Å²) in [5.41, 5.74) is 0. The highest BCUT2D eigenvalue weighted by atomic mass is 16.2. The molecule has 2 aliphatic carbocycles. The first-order valence-electron chi connectivity index (χ1n) is 6.72. The van der Waals surface area contributed by atoms with Crippen LogP contribution in [0.25, 0.3) is 0 Å². The van der Waals surface area contributed by atoms with Crippen molar-refractivity contribution in [2.45, 2.75) is 57.7 Å². The molecule has 4 heteroatoms. The van der Waals surface area contributed by atoms with Crippen LogP contribution in [0.3, 0.4) is 0 Å². The third-order valence-corrected chi connectivity index (χ3v) is 4.10. The van der Waals surface area contributed by atoms with Gasteiger partial charge in [-0.2, -0.15) is 0 Å². The molecule has 0 aromatic rings. The van der Waals surface area contributed by atoms with Crippen molar-refractivity contribution in [2.75, 3.05) is 0 Å². The van der Waals surface area contributed by atoms with Gasteiger partial charge >= 0.3 is 0 Å². The minimum Gasteiger partial charge on any atom is -0.342 e. The topological polar surface area (TPSA) is 49.4 Å². The second-order valence-electron chi connectivity index (χ2n) is 5.95. The lowest BCUT2D eigenvalue weighted by Crippen LogP contribution is -2.66. The molecule has 3 aliphatic rings. The molecule has 4 nitrogen and oxygen atoms in total. The van der Waals surface area contributed by atoms with E-state index in [-0.39, 0.29) is 29.9 Å². The molecule has 0 aromatic heterocycles. The largest absolute Gasteiger partial charge is 0.342 e. The van der Waals surface area contributed by atoms with Crippen LogP contribution in [0.5, 0.6) is 0 Å². The third-order valence-electron chi connectivity index (χ3n) is 4.10. The first kappa shape index (κ1) is 11.1. The smallest absolute Gasteiger partial charge is 0.246 e. The van der Waals surface area contributed by atoms with Gasteiger partial charge in [0.05, 0.1) is 0 Å². The fourth-order valence-electron chi connectivity index (χ4n) is 2.90. The van der Waals surface area contributed by atoms with Crippen molar-refractivity contribution in [1.29, 1.82) is 0 Å². The van der Waals surface area contributed by atoms with Crippen molar-refractivity contribution < 1.29 is 9.59 Å². The molecule has 0 aromatic carbocycles. The van der Waals surface area contributed by atoms with Gasteiger partial charge in [-0.3, -0.25) is 9.59 Å². The van der Waals surface area contributed by atoms with Crippen LogP contribution in [0.1, 0.15) is 39.5 Å². The van der Waals surface area contributed by atoms with Crippen molar-refractivity contribution in [2.24, 2.45) is 11.8 Å². The van der Waals surface area contributed by atoms with E-state index in [0.717, 1.165) is 25.7 Å². The van der Waals surface area contributed by atoms with E-state index in [1.54, 1.807) is 0 Å². The zero-order chi connectivity index (χ0) is 12.2. The summed E-state index contributed by atoms with van der Waals surface area (Å²) in [6.45, 7) is 4.02. The summed E-state index contributed by atoms with van der Waals surface area (Å²) in [6, 6.07) is -0.308. The van der Waals surface area contributed by atoms with Crippen LogP contribution in [0.15, 0.2) is 0 Å². The molecule has 0 radical (unpaired) electrons. The van der Waals surface area contributed by atoms with Gasteiger partial charge in [0, 0.05) is 6.04 Å². The van der Waals surface area contributed by atoms with Gasteiger partial charge in [0.25, 0.3) is 0 Å². The lowest BCUT2D eigenvalue weighted by Gasteiger charge is -2.41. The second kappa shape index (κ2) is 3.72. The van der Waals surface area contributed by atoms with E-state index < -0.39 is 0 Å². The fraction of sp³-hybridized carbons (Fsp3) is 0.846. The van der Waals surface area contributed by atoms with Crippen LogP contribution in [0.2, 0.25) is 0 Å². The number of nitrogens with zero attached hydrogens (tertiary/aromatic N) is 1. The Bertz CT molecular complexity index is 358. The molecular formula is C13H20N2O2. The number of piperazine rings is 1. The number of amides is 2. The normalized spacial score (nSPS) is 34.2.